The second kappa shape index (κ2) is 7.36. The maximum atomic E-state index is 12.3. The smallest absolute Gasteiger partial charge is 0.307 e. The summed E-state index contributed by atoms with van der Waals surface area (Å²) in [5.74, 6) is -0.222. The fourth-order valence-corrected chi connectivity index (χ4v) is 2.64. The van der Waals surface area contributed by atoms with Crippen LogP contribution in [-0.2, 0) is 9.53 Å². The van der Waals surface area contributed by atoms with E-state index in [4.69, 9.17) is 16.3 Å². The van der Waals surface area contributed by atoms with E-state index in [0.717, 1.165) is 13.1 Å². The lowest BCUT2D eigenvalue weighted by Crippen LogP contribution is -2.49. The molecule has 0 spiro atoms. The number of hydrogen-bond donors (Lipinski definition) is 1. The van der Waals surface area contributed by atoms with Crippen molar-refractivity contribution in [1.29, 1.82) is 0 Å². The molecule has 6 nitrogen and oxygen atoms in total. The van der Waals surface area contributed by atoms with Crippen LogP contribution in [0.1, 0.15) is 37.7 Å². The summed E-state index contributed by atoms with van der Waals surface area (Å²) in [4.78, 5) is 30.9. The molecule has 0 aliphatic carbocycles. The lowest BCUT2D eigenvalue weighted by molar-refractivity contribution is -0.155. The van der Waals surface area contributed by atoms with Crippen molar-refractivity contribution in [2.45, 2.75) is 32.8 Å². The summed E-state index contributed by atoms with van der Waals surface area (Å²) in [5, 5.41) is 0.532. The topological polar surface area (TPSA) is 65.6 Å². The number of amides is 1. The number of rotatable bonds is 4. The largest absolute Gasteiger partial charge is 0.460 e. The van der Waals surface area contributed by atoms with Gasteiger partial charge in [0.15, 0.2) is 0 Å². The Balaban J connectivity index is 1.74. The van der Waals surface area contributed by atoms with E-state index in [0.29, 0.717) is 36.8 Å². The molecule has 1 aliphatic rings. The van der Waals surface area contributed by atoms with E-state index in [9.17, 15) is 9.59 Å². The summed E-state index contributed by atoms with van der Waals surface area (Å²) >= 11 is 5.83. The number of aromatic nitrogens is 1. The zero-order valence-corrected chi connectivity index (χ0v) is 14.7. The number of hydrogen-bond acceptors (Lipinski definition) is 4. The van der Waals surface area contributed by atoms with E-state index < -0.39 is 5.60 Å². The molecule has 0 radical (unpaired) electrons. The van der Waals surface area contributed by atoms with Crippen molar-refractivity contribution in [3.05, 3.63) is 23.0 Å². The minimum Gasteiger partial charge on any atom is -0.460 e. The van der Waals surface area contributed by atoms with Crippen LogP contribution < -0.4 is 0 Å². The Morgan fingerprint density at radius 3 is 2.43 bits per heavy atom. The highest BCUT2D eigenvalue weighted by molar-refractivity contribution is 6.30. The molecule has 0 bridgehead atoms. The van der Waals surface area contributed by atoms with E-state index >= 15 is 0 Å². The third kappa shape index (κ3) is 5.55. The molecule has 1 aromatic heterocycles. The molecule has 1 saturated heterocycles. The zero-order chi connectivity index (χ0) is 17.0. The van der Waals surface area contributed by atoms with Crippen molar-refractivity contribution >= 4 is 23.5 Å². The van der Waals surface area contributed by atoms with Gasteiger partial charge >= 0.3 is 5.97 Å². The molecule has 2 heterocycles. The standard InChI is InChI=1S/C16H24ClN3O3/c1-16(2,3)23-14(21)4-5-19-6-8-20(9-7-19)15(22)13-10-12(17)11-18-13/h10-11,18H,4-9H2,1-3H3. The van der Waals surface area contributed by atoms with Crippen LogP contribution in [0.3, 0.4) is 0 Å². The summed E-state index contributed by atoms with van der Waals surface area (Å²) in [5.41, 5.74) is 0.0664. The lowest BCUT2D eigenvalue weighted by atomic mass is 10.2. The normalized spacial score (nSPS) is 16.4. The van der Waals surface area contributed by atoms with E-state index in [-0.39, 0.29) is 11.9 Å². The third-order valence-corrected chi connectivity index (χ3v) is 3.81. The number of carbonyl (C=O) groups excluding carboxylic acids is 2. The fraction of sp³-hybridized carbons (Fsp3) is 0.625. The van der Waals surface area contributed by atoms with Crippen LogP contribution >= 0.6 is 11.6 Å². The number of aromatic amines is 1. The molecule has 0 atom stereocenters. The molecular formula is C16H24ClN3O3. The van der Waals surface area contributed by atoms with E-state index in [1.165, 1.54) is 0 Å². The van der Waals surface area contributed by atoms with Crippen LogP contribution in [0.25, 0.3) is 0 Å². The first-order valence-corrected chi connectivity index (χ1v) is 8.20. The first kappa shape index (κ1) is 17.8. The summed E-state index contributed by atoms with van der Waals surface area (Å²) in [6.07, 6.45) is 1.98. The van der Waals surface area contributed by atoms with Gasteiger partial charge in [0.1, 0.15) is 11.3 Å². The van der Waals surface area contributed by atoms with Gasteiger partial charge in [-0.15, -0.1) is 0 Å². The minimum atomic E-state index is -0.445. The molecule has 0 aromatic carbocycles. The van der Waals surface area contributed by atoms with E-state index in [1.54, 1.807) is 17.2 Å². The van der Waals surface area contributed by atoms with Crippen molar-refractivity contribution < 1.29 is 14.3 Å². The Morgan fingerprint density at radius 1 is 1.26 bits per heavy atom. The minimum absolute atomic E-state index is 0.0382. The molecule has 7 heteroatoms. The number of halogens is 1. The van der Waals surface area contributed by atoms with Gasteiger partial charge in [0.05, 0.1) is 11.4 Å². The molecular weight excluding hydrogens is 318 g/mol. The number of esters is 1. The van der Waals surface area contributed by atoms with E-state index in [1.807, 2.05) is 20.8 Å². The van der Waals surface area contributed by atoms with Crippen LogP contribution in [0.2, 0.25) is 5.02 Å². The molecule has 1 N–H and O–H groups in total. The number of nitrogens with zero attached hydrogens (tertiary/aromatic N) is 2. The Labute approximate surface area is 141 Å². The predicted molar refractivity (Wildman–Crippen MR) is 88.6 cm³/mol. The van der Waals surface area contributed by atoms with Crippen LogP contribution in [-0.4, -0.2) is 65.0 Å². The number of H-pyrrole nitrogens is 1. The van der Waals surface area contributed by atoms with Gasteiger partial charge in [-0.25, -0.2) is 0 Å². The fourth-order valence-electron chi connectivity index (χ4n) is 2.48. The van der Waals surface area contributed by atoms with Gasteiger partial charge in [-0.2, -0.15) is 0 Å². The van der Waals surface area contributed by atoms with Gasteiger partial charge < -0.3 is 14.6 Å². The molecule has 0 saturated carbocycles. The Hall–Kier alpha value is -1.53. The number of ether oxygens (including phenoxy) is 1. The summed E-state index contributed by atoms with van der Waals surface area (Å²) < 4.78 is 5.30. The van der Waals surface area contributed by atoms with Crippen LogP contribution in [0.4, 0.5) is 0 Å². The molecule has 1 amide bonds. The summed E-state index contributed by atoms with van der Waals surface area (Å²) in [7, 11) is 0. The molecule has 1 aliphatic heterocycles. The maximum Gasteiger partial charge on any atom is 0.307 e. The second-order valence-electron chi connectivity index (χ2n) is 6.70. The van der Waals surface area contributed by atoms with Gasteiger partial charge in [0.25, 0.3) is 5.91 Å². The van der Waals surface area contributed by atoms with Gasteiger partial charge in [-0.05, 0) is 26.8 Å². The second-order valence-corrected chi connectivity index (χ2v) is 7.14. The quantitative estimate of drug-likeness (QED) is 0.852. The zero-order valence-electron chi connectivity index (χ0n) is 13.9. The average molecular weight is 342 g/mol. The van der Waals surface area contributed by atoms with Gasteiger partial charge in [-0.3, -0.25) is 14.5 Å². The summed E-state index contributed by atoms with van der Waals surface area (Å²) in [6.45, 7) is 9.04. The Morgan fingerprint density at radius 2 is 1.91 bits per heavy atom. The van der Waals surface area contributed by atoms with Crippen molar-refractivity contribution in [3.63, 3.8) is 0 Å². The summed E-state index contributed by atoms with van der Waals surface area (Å²) in [6, 6.07) is 1.64. The molecule has 23 heavy (non-hydrogen) atoms. The Kier molecular flexibility index (Phi) is 5.70. The first-order valence-electron chi connectivity index (χ1n) is 7.82. The van der Waals surface area contributed by atoms with Crippen LogP contribution in [0.5, 0.6) is 0 Å². The SMILES string of the molecule is CC(C)(C)OC(=O)CCN1CCN(C(=O)c2cc(Cl)c[nH]2)CC1. The molecule has 1 fully saturated rings. The van der Waals surface area contributed by atoms with Crippen molar-refractivity contribution in [1.82, 2.24) is 14.8 Å². The molecule has 0 unspecified atom stereocenters. The van der Waals surface area contributed by atoms with Crippen LogP contribution in [0, 0.1) is 0 Å². The van der Waals surface area contributed by atoms with Gasteiger partial charge in [-0.1, -0.05) is 11.6 Å². The van der Waals surface area contributed by atoms with Gasteiger partial charge in [0.2, 0.25) is 0 Å². The number of nitrogens with one attached hydrogen (secondary N) is 1. The highest BCUT2D eigenvalue weighted by Crippen LogP contribution is 2.14. The monoisotopic (exact) mass is 341 g/mol. The van der Waals surface area contributed by atoms with Crippen LogP contribution in [0.15, 0.2) is 12.3 Å². The van der Waals surface area contributed by atoms with Crippen molar-refractivity contribution in [2.24, 2.45) is 0 Å². The highest BCUT2D eigenvalue weighted by Gasteiger charge is 2.24. The lowest BCUT2D eigenvalue weighted by Gasteiger charge is -2.34. The van der Waals surface area contributed by atoms with E-state index in [2.05, 4.69) is 9.88 Å². The van der Waals surface area contributed by atoms with Crippen molar-refractivity contribution in [3.8, 4) is 0 Å². The Bertz CT molecular complexity index is 557. The predicted octanol–water partition coefficient (Wildman–Crippen LogP) is 2.16. The molecule has 128 valence electrons. The number of piperazine rings is 1. The van der Waals surface area contributed by atoms with Crippen molar-refractivity contribution in [2.75, 3.05) is 32.7 Å². The number of carbonyl (C=O) groups is 2. The molecule has 1 aromatic rings. The highest BCUT2D eigenvalue weighted by atomic mass is 35.5. The third-order valence-electron chi connectivity index (χ3n) is 3.59. The maximum absolute atomic E-state index is 12.3. The first-order chi connectivity index (χ1) is 10.7. The molecule has 2 rings (SSSR count). The average Bonchev–Trinajstić information content (AvgIpc) is 2.90. The van der Waals surface area contributed by atoms with Gasteiger partial charge in [0, 0.05) is 38.9 Å².